The van der Waals surface area contributed by atoms with Gasteiger partial charge in [-0.15, -0.1) is 0 Å². The summed E-state index contributed by atoms with van der Waals surface area (Å²) in [5, 5.41) is 2.85. The van der Waals surface area contributed by atoms with E-state index in [1.54, 1.807) is 12.1 Å². The topological polar surface area (TPSA) is 58.4 Å². The van der Waals surface area contributed by atoms with Crippen molar-refractivity contribution in [3.05, 3.63) is 23.8 Å². The van der Waals surface area contributed by atoms with Crippen LogP contribution in [0.5, 0.6) is 0 Å². The molecule has 0 saturated heterocycles. The molecule has 4 nitrogen and oxygen atoms in total. The fourth-order valence-corrected chi connectivity index (χ4v) is 2.13. The predicted octanol–water partition coefficient (Wildman–Crippen LogP) is 2.64. The van der Waals surface area contributed by atoms with E-state index in [-0.39, 0.29) is 5.91 Å². The number of nitrogens with one attached hydrogen (secondary N) is 1. The average Bonchev–Trinajstić information content (AvgIpc) is 2.35. The van der Waals surface area contributed by atoms with Crippen molar-refractivity contribution in [2.45, 2.75) is 40.2 Å². The van der Waals surface area contributed by atoms with Crippen molar-refractivity contribution >= 4 is 17.3 Å². The summed E-state index contributed by atoms with van der Waals surface area (Å²) in [4.78, 5) is 14.4. The van der Waals surface area contributed by atoms with Gasteiger partial charge in [-0.25, -0.2) is 0 Å². The van der Waals surface area contributed by atoms with Crippen LogP contribution in [-0.2, 0) is 0 Å². The number of carbonyl (C=O) groups is 1. The zero-order chi connectivity index (χ0) is 14.4. The zero-order valence-corrected chi connectivity index (χ0v) is 12.4. The molecule has 19 heavy (non-hydrogen) atoms. The fourth-order valence-electron chi connectivity index (χ4n) is 2.13. The van der Waals surface area contributed by atoms with Crippen molar-refractivity contribution in [2.24, 2.45) is 0 Å². The second-order valence-electron chi connectivity index (χ2n) is 4.92. The normalized spacial score (nSPS) is 10.6. The molecule has 3 N–H and O–H groups in total. The molecule has 0 spiro atoms. The Balaban J connectivity index is 3.21. The number of hydrogen-bond donors (Lipinski definition) is 2. The summed E-state index contributed by atoms with van der Waals surface area (Å²) in [6.07, 6.45) is 1.03. The second-order valence-corrected chi connectivity index (χ2v) is 4.92. The van der Waals surface area contributed by atoms with Crippen molar-refractivity contribution in [1.29, 1.82) is 0 Å². The fraction of sp³-hybridized carbons (Fsp3) is 0.533. The lowest BCUT2D eigenvalue weighted by Gasteiger charge is -2.30. The van der Waals surface area contributed by atoms with Gasteiger partial charge >= 0.3 is 0 Å². The highest BCUT2D eigenvalue weighted by Crippen LogP contribution is 2.25. The van der Waals surface area contributed by atoms with Crippen molar-refractivity contribution in [1.82, 2.24) is 5.32 Å². The third-order valence-electron chi connectivity index (χ3n) is 3.00. The first-order chi connectivity index (χ1) is 9.01. The Labute approximate surface area is 116 Å². The van der Waals surface area contributed by atoms with Gasteiger partial charge in [0.15, 0.2) is 0 Å². The molecule has 106 valence electrons. The molecule has 0 fully saturated rings. The molecule has 1 amide bonds. The first-order valence-corrected chi connectivity index (χ1v) is 6.95. The summed E-state index contributed by atoms with van der Waals surface area (Å²) in [6.45, 7) is 9.83. The van der Waals surface area contributed by atoms with Gasteiger partial charge in [-0.3, -0.25) is 4.79 Å². The first-order valence-electron chi connectivity index (χ1n) is 6.95. The summed E-state index contributed by atoms with van der Waals surface area (Å²) >= 11 is 0. The molecule has 0 saturated carbocycles. The number of benzene rings is 1. The van der Waals surface area contributed by atoms with Crippen molar-refractivity contribution in [3.8, 4) is 0 Å². The number of nitrogens with two attached hydrogens (primary N) is 1. The number of carbonyl (C=O) groups excluding carboxylic acids is 1. The molecule has 0 unspecified atom stereocenters. The highest BCUT2D eigenvalue weighted by atomic mass is 16.1. The minimum atomic E-state index is -0.0424. The lowest BCUT2D eigenvalue weighted by atomic mass is 10.1. The number of nitrogens with zero attached hydrogens (tertiary/aromatic N) is 1. The van der Waals surface area contributed by atoms with Gasteiger partial charge in [0.2, 0.25) is 0 Å². The number of rotatable bonds is 6. The average molecular weight is 263 g/mol. The van der Waals surface area contributed by atoms with Gasteiger partial charge in [0, 0.05) is 24.8 Å². The van der Waals surface area contributed by atoms with Crippen LogP contribution in [0, 0.1) is 0 Å². The van der Waals surface area contributed by atoms with Gasteiger partial charge < -0.3 is 16.0 Å². The molecule has 0 bridgehead atoms. The Morgan fingerprint density at radius 2 is 2.05 bits per heavy atom. The molecule has 1 aromatic rings. The molecule has 0 aromatic heterocycles. The van der Waals surface area contributed by atoms with Crippen LogP contribution in [0.4, 0.5) is 11.4 Å². The van der Waals surface area contributed by atoms with E-state index in [9.17, 15) is 4.79 Å². The van der Waals surface area contributed by atoms with Crippen molar-refractivity contribution in [2.75, 3.05) is 23.7 Å². The Bertz CT molecular complexity index is 429. The van der Waals surface area contributed by atoms with Gasteiger partial charge in [0.25, 0.3) is 5.91 Å². The quantitative estimate of drug-likeness (QED) is 0.776. The third kappa shape index (κ3) is 3.88. The number of anilines is 2. The van der Waals surface area contributed by atoms with Crippen LogP contribution in [0.2, 0.25) is 0 Å². The van der Waals surface area contributed by atoms with Crippen LogP contribution in [0.15, 0.2) is 18.2 Å². The maximum atomic E-state index is 12.1. The second kappa shape index (κ2) is 7.02. The minimum absolute atomic E-state index is 0.0424. The van der Waals surface area contributed by atoms with Gasteiger partial charge in [-0.2, -0.15) is 0 Å². The van der Waals surface area contributed by atoms with Crippen molar-refractivity contribution < 1.29 is 4.79 Å². The van der Waals surface area contributed by atoms with Crippen LogP contribution in [0.25, 0.3) is 0 Å². The summed E-state index contributed by atoms with van der Waals surface area (Å²) in [5.74, 6) is -0.0424. The number of hydrogen-bond acceptors (Lipinski definition) is 3. The Kier molecular flexibility index (Phi) is 5.67. The third-order valence-corrected chi connectivity index (χ3v) is 3.00. The maximum Gasteiger partial charge on any atom is 0.253 e. The molecule has 4 heteroatoms. The highest BCUT2D eigenvalue weighted by Gasteiger charge is 2.18. The zero-order valence-electron chi connectivity index (χ0n) is 12.4. The van der Waals surface area contributed by atoms with E-state index < -0.39 is 0 Å². The first kappa shape index (κ1) is 15.3. The lowest BCUT2D eigenvalue weighted by Crippen LogP contribution is -2.34. The van der Waals surface area contributed by atoms with Crippen LogP contribution >= 0.6 is 0 Å². The molecule has 0 atom stereocenters. The van der Waals surface area contributed by atoms with E-state index in [4.69, 9.17) is 5.73 Å². The van der Waals surface area contributed by atoms with E-state index in [0.717, 1.165) is 18.7 Å². The van der Waals surface area contributed by atoms with Crippen LogP contribution in [-0.4, -0.2) is 25.0 Å². The van der Waals surface area contributed by atoms with Crippen LogP contribution in [0.1, 0.15) is 44.5 Å². The molecular formula is C15H25N3O. The van der Waals surface area contributed by atoms with Gasteiger partial charge in [0.05, 0.1) is 11.3 Å². The van der Waals surface area contributed by atoms with Crippen molar-refractivity contribution in [3.63, 3.8) is 0 Å². The molecular weight excluding hydrogens is 238 g/mol. The Morgan fingerprint density at radius 3 is 2.58 bits per heavy atom. The van der Waals surface area contributed by atoms with E-state index in [2.05, 4.69) is 31.0 Å². The summed E-state index contributed by atoms with van der Waals surface area (Å²) in [5.41, 5.74) is 8.17. The maximum absolute atomic E-state index is 12.1. The molecule has 1 rings (SSSR count). The van der Waals surface area contributed by atoms with E-state index >= 15 is 0 Å². The molecule has 0 radical (unpaired) electrons. The summed E-state index contributed by atoms with van der Waals surface area (Å²) in [6, 6.07) is 5.80. The lowest BCUT2D eigenvalue weighted by molar-refractivity contribution is 0.0956. The van der Waals surface area contributed by atoms with Crippen LogP contribution < -0.4 is 16.0 Å². The summed E-state index contributed by atoms with van der Waals surface area (Å²) < 4.78 is 0. The highest BCUT2D eigenvalue weighted by molar-refractivity contribution is 6.00. The minimum Gasteiger partial charge on any atom is -0.399 e. The SMILES string of the molecule is CCCN(c1cc(N)ccc1C(=O)NCC)C(C)C. The van der Waals surface area contributed by atoms with E-state index in [0.29, 0.717) is 23.8 Å². The molecule has 0 aliphatic heterocycles. The standard InChI is InChI=1S/C15H25N3O/c1-5-9-18(11(3)4)14-10-12(16)7-8-13(14)15(19)17-6-2/h7-8,10-11H,5-6,9,16H2,1-4H3,(H,17,19). The van der Waals surface area contributed by atoms with Gasteiger partial charge in [0.1, 0.15) is 0 Å². The van der Waals surface area contributed by atoms with E-state index in [1.165, 1.54) is 0 Å². The van der Waals surface area contributed by atoms with Gasteiger partial charge in [-0.05, 0) is 45.4 Å². The Hall–Kier alpha value is -1.71. The number of nitrogen functional groups attached to an aromatic ring is 1. The molecule has 1 aromatic carbocycles. The molecule has 0 heterocycles. The molecule has 0 aliphatic rings. The molecule has 0 aliphatic carbocycles. The van der Waals surface area contributed by atoms with Gasteiger partial charge in [-0.1, -0.05) is 6.92 Å². The monoisotopic (exact) mass is 263 g/mol. The predicted molar refractivity (Wildman–Crippen MR) is 81.6 cm³/mol. The smallest absolute Gasteiger partial charge is 0.253 e. The van der Waals surface area contributed by atoms with Crippen LogP contribution in [0.3, 0.4) is 0 Å². The largest absolute Gasteiger partial charge is 0.399 e. The Morgan fingerprint density at radius 1 is 1.37 bits per heavy atom. The number of amides is 1. The van der Waals surface area contributed by atoms with E-state index in [1.807, 2.05) is 13.0 Å². The summed E-state index contributed by atoms with van der Waals surface area (Å²) in [7, 11) is 0.